The fraction of sp³-hybridized carbons (Fsp3) is 0.471. The Morgan fingerprint density at radius 3 is 2.62 bits per heavy atom. The normalized spacial score (nSPS) is 13.5. The molecule has 1 amide bonds. The molecule has 0 saturated heterocycles. The van der Waals surface area contributed by atoms with Crippen molar-refractivity contribution in [2.24, 2.45) is 0 Å². The number of methoxy groups -OCH3 is 1. The minimum Gasteiger partial charge on any atom is -0.382 e. The summed E-state index contributed by atoms with van der Waals surface area (Å²) >= 11 is 6.19. The van der Waals surface area contributed by atoms with Crippen molar-refractivity contribution in [1.29, 1.82) is 0 Å². The lowest BCUT2D eigenvalue weighted by molar-refractivity contribution is -0.118. The fourth-order valence-electron chi connectivity index (χ4n) is 2.25. The van der Waals surface area contributed by atoms with Crippen molar-refractivity contribution in [3.63, 3.8) is 0 Å². The number of nitrogens with zero attached hydrogens (tertiary/aromatic N) is 1. The van der Waals surface area contributed by atoms with Crippen LogP contribution in [0.4, 0.5) is 5.69 Å². The van der Waals surface area contributed by atoms with E-state index in [1.165, 1.54) is 0 Å². The van der Waals surface area contributed by atoms with Crippen molar-refractivity contribution < 1.29 is 9.53 Å². The van der Waals surface area contributed by atoms with E-state index in [-0.39, 0.29) is 11.9 Å². The van der Waals surface area contributed by atoms with Crippen molar-refractivity contribution in [3.05, 3.63) is 42.5 Å². The van der Waals surface area contributed by atoms with Crippen LogP contribution < -0.4 is 4.90 Å². The second-order valence-electron chi connectivity index (χ2n) is 4.82. The van der Waals surface area contributed by atoms with Gasteiger partial charge >= 0.3 is 0 Å². The number of alkyl halides is 1. The molecule has 21 heavy (non-hydrogen) atoms. The van der Waals surface area contributed by atoms with Gasteiger partial charge in [0.1, 0.15) is 5.38 Å². The summed E-state index contributed by atoms with van der Waals surface area (Å²) in [5.41, 5.74) is 1.99. The lowest BCUT2D eigenvalue weighted by Crippen LogP contribution is -2.46. The second-order valence-corrected chi connectivity index (χ2v) is 5.35. The van der Waals surface area contributed by atoms with E-state index in [1.807, 2.05) is 31.2 Å². The molecule has 0 N–H and O–H groups in total. The maximum Gasteiger partial charge on any atom is 0.245 e. The lowest BCUT2D eigenvalue weighted by atomic mass is 10.1. The number of rotatable bonds is 8. The highest BCUT2D eigenvalue weighted by Gasteiger charge is 2.28. The monoisotopic (exact) mass is 309 g/mol. The zero-order chi connectivity index (χ0) is 15.8. The first-order valence-electron chi connectivity index (χ1n) is 7.27. The first-order valence-corrected chi connectivity index (χ1v) is 7.70. The lowest BCUT2D eigenvalue weighted by Gasteiger charge is -2.32. The van der Waals surface area contributed by atoms with E-state index in [0.29, 0.717) is 13.0 Å². The summed E-state index contributed by atoms with van der Waals surface area (Å²) in [7, 11) is 1.61. The number of ether oxygens (including phenoxy) is 1. The van der Waals surface area contributed by atoms with Gasteiger partial charge in [-0.3, -0.25) is 4.79 Å². The zero-order valence-corrected chi connectivity index (χ0v) is 13.8. The Kier molecular flexibility index (Phi) is 7.48. The Hall–Kier alpha value is -1.32. The van der Waals surface area contributed by atoms with E-state index >= 15 is 0 Å². The van der Waals surface area contributed by atoms with E-state index in [0.717, 1.165) is 17.7 Å². The van der Waals surface area contributed by atoms with Gasteiger partial charge < -0.3 is 9.64 Å². The molecule has 0 aliphatic heterocycles. The van der Waals surface area contributed by atoms with Crippen LogP contribution in [-0.2, 0) is 16.0 Å². The van der Waals surface area contributed by atoms with Gasteiger partial charge in [-0.05, 0) is 24.5 Å². The Morgan fingerprint density at radius 1 is 1.43 bits per heavy atom. The van der Waals surface area contributed by atoms with Crippen molar-refractivity contribution in [2.45, 2.75) is 38.1 Å². The molecular weight excluding hydrogens is 286 g/mol. The summed E-state index contributed by atoms with van der Waals surface area (Å²) in [6.07, 6.45) is 3.16. The first kappa shape index (κ1) is 17.7. The predicted molar refractivity (Wildman–Crippen MR) is 89.1 cm³/mol. The Bertz CT molecular complexity index is 476. The van der Waals surface area contributed by atoms with Gasteiger partial charge in [-0.2, -0.15) is 0 Å². The Balaban J connectivity index is 3.29. The molecule has 0 aliphatic carbocycles. The molecule has 1 rings (SSSR count). The molecule has 0 fully saturated rings. The average Bonchev–Trinajstić information content (AvgIpc) is 2.53. The van der Waals surface area contributed by atoms with Crippen molar-refractivity contribution in [1.82, 2.24) is 0 Å². The molecule has 0 aliphatic rings. The maximum absolute atomic E-state index is 12.7. The van der Waals surface area contributed by atoms with Crippen LogP contribution in [0.25, 0.3) is 0 Å². The van der Waals surface area contributed by atoms with E-state index in [2.05, 4.69) is 13.5 Å². The second kappa shape index (κ2) is 8.85. The molecule has 2 atom stereocenters. The molecule has 0 radical (unpaired) electrons. The highest BCUT2D eigenvalue weighted by Crippen LogP contribution is 2.26. The third kappa shape index (κ3) is 4.32. The smallest absolute Gasteiger partial charge is 0.245 e. The number of anilines is 1. The number of halogens is 1. The van der Waals surface area contributed by atoms with Gasteiger partial charge in [0.15, 0.2) is 0 Å². The topological polar surface area (TPSA) is 29.5 Å². The summed E-state index contributed by atoms with van der Waals surface area (Å²) in [4.78, 5) is 14.4. The zero-order valence-electron chi connectivity index (χ0n) is 13.0. The molecular formula is C17H24ClNO2. The molecule has 0 heterocycles. The molecule has 4 heteroatoms. The molecule has 116 valence electrons. The molecule has 1 aromatic carbocycles. The number of hydrogen-bond donors (Lipinski definition) is 0. The van der Waals surface area contributed by atoms with Gasteiger partial charge in [0, 0.05) is 12.8 Å². The number of benzene rings is 1. The van der Waals surface area contributed by atoms with Crippen LogP contribution in [0.3, 0.4) is 0 Å². The van der Waals surface area contributed by atoms with E-state index < -0.39 is 5.38 Å². The highest BCUT2D eigenvalue weighted by atomic mass is 35.5. The van der Waals surface area contributed by atoms with Crippen LogP contribution in [0.5, 0.6) is 0 Å². The summed E-state index contributed by atoms with van der Waals surface area (Å²) in [5, 5.41) is -0.547. The average molecular weight is 310 g/mol. The van der Waals surface area contributed by atoms with Crippen molar-refractivity contribution in [3.8, 4) is 0 Å². The quantitative estimate of drug-likeness (QED) is 0.540. The van der Waals surface area contributed by atoms with Gasteiger partial charge in [-0.1, -0.05) is 38.1 Å². The summed E-state index contributed by atoms with van der Waals surface area (Å²) in [6, 6.07) is 7.64. The van der Waals surface area contributed by atoms with E-state index in [1.54, 1.807) is 18.1 Å². The van der Waals surface area contributed by atoms with Crippen molar-refractivity contribution >= 4 is 23.2 Å². The molecule has 0 bridgehead atoms. The molecule has 0 aromatic heterocycles. The summed E-state index contributed by atoms with van der Waals surface area (Å²) in [5.74, 6) is -0.109. The molecule has 2 unspecified atom stereocenters. The minimum absolute atomic E-state index is 0.109. The standard InChI is InChI=1S/C17H24ClNO2/c1-5-13-10-8-9-11-16(13)19(14(6-2)12-21-4)17(20)15(18)7-3/h6,8-11,14-15H,2,5,7,12H2,1,3-4H3. The predicted octanol–water partition coefficient (Wildman–Crippen LogP) is 3.80. The van der Waals surface area contributed by atoms with Crippen LogP contribution in [0, 0.1) is 0 Å². The first-order chi connectivity index (χ1) is 10.1. The van der Waals surface area contributed by atoms with E-state index in [9.17, 15) is 4.79 Å². The van der Waals surface area contributed by atoms with Crippen LogP contribution in [0.2, 0.25) is 0 Å². The van der Waals surface area contributed by atoms with Crippen LogP contribution in [-0.4, -0.2) is 31.0 Å². The minimum atomic E-state index is -0.547. The van der Waals surface area contributed by atoms with Gasteiger partial charge in [0.05, 0.1) is 12.6 Å². The van der Waals surface area contributed by atoms with Crippen LogP contribution >= 0.6 is 11.6 Å². The van der Waals surface area contributed by atoms with Crippen LogP contribution in [0.1, 0.15) is 25.8 Å². The van der Waals surface area contributed by atoms with Crippen LogP contribution in [0.15, 0.2) is 36.9 Å². The Morgan fingerprint density at radius 2 is 2.10 bits per heavy atom. The molecule has 0 spiro atoms. The SMILES string of the molecule is C=CC(COC)N(C(=O)C(Cl)CC)c1ccccc1CC. The van der Waals surface area contributed by atoms with Gasteiger partial charge in [-0.15, -0.1) is 18.2 Å². The third-order valence-electron chi connectivity index (χ3n) is 3.44. The number of carbonyl (C=O) groups is 1. The molecule has 1 aromatic rings. The van der Waals surface area contributed by atoms with Gasteiger partial charge in [-0.25, -0.2) is 0 Å². The maximum atomic E-state index is 12.7. The number of aryl methyl sites for hydroxylation is 1. The van der Waals surface area contributed by atoms with Gasteiger partial charge in [0.2, 0.25) is 5.91 Å². The number of amides is 1. The summed E-state index contributed by atoms with van der Waals surface area (Å²) in [6.45, 7) is 8.19. The van der Waals surface area contributed by atoms with E-state index in [4.69, 9.17) is 16.3 Å². The number of carbonyl (C=O) groups excluding carboxylic acids is 1. The number of para-hydroxylation sites is 1. The third-order valence-corrected chi connectivity index (χ3v) is 3.93. The Labute approximate surface area is 132 Å². The molecule has 3 nitrogen and oxygen atoms in total. The number of hydrogen-bond acceptors (Lipinski definition) is 2. The molecule has 0 saturated carbocycles. The van der Waals surface area contributed by atoms with Crippen molar-refractivity contribution in [2.75, 3.05) is 18.6 Å². The highest BCUT2D eigenvalue weighted by molar-refractivity contribution is 6.33. The van der Waals surface area contributed by atoms with Gasteiger partial charge in [0.25, 0.3) is 0 Å². The largest absolute Gasteiger partial charge is 0.382 e. The summed E-state index contributed by atoms with van der Waals surface area (Å²) < 4.78 is 5.23. The fourth-order valence-corrected chi connectivity index (χ4v) is 2.36.